The summed E-state index contributed by atoms with van der Waals surface area (Å²) in [6.45, 7) is 12.9. The van der Waals surface area contributed by atoms with Gasteiger partial charge in [0.25, 0.3) is 0 Å². The molecule has 1 aromatic rings. The predicted octanol–water partition coefficient (Wildman–Crippen LogP) is 2.30. The highest BCUT2D eigenvalue weighted by atomic mass is 31.0. The number of nitrogens with zero attached hydrogens (tertiary/aromatic N) is 2. The van der Waals surface area contributed by atoms with Crippen LogP contribution in [0.15, 0.2) is 11.1 Å². The van der Waals surface area contributed by atoms with Crippen LogP contribution in [0.4, 0.5) is 0 Å². The molecule has 0 saturated heterocycles. The number of carbonyl (C=O) groups excluding carboxylic acids is 1. The van der Waals surface area contributed by atoms with Crippen molar-refractivity contribution in [3.05, 3.63) is 18.3 Å². The van der Waals surface area contributed by atoms with E-state index in [0.717, 1.165) is 18.9 Å². The van der Waals surface area contributed by atoms with Crippen molar-refractivity contribution >= 4 is 21.7 Å². The summed E-state index contributed by atoms with van der Waals surface area (Å²) in [5.41, 5.74) is 4.84. The van der Waals surface area contributed by atoms with Crippen LogP contribution in [0.25, 0.3) is 6.08 Å². The van der Waals surface area contributed by atoms with Crippen molar-refractivity contribution in [3.63, 3.8) is 0 Å². The average Bonchev–Trinajstić information content (AvgIpc) is 2.86. The fraction of sp³-hybridized carbons (Fsp3) is 0.643. The largest absolute Gasteiger partial charge is 0.385 e. The molecule has 0 bridgehead atoms. The van der Waals surface area contributed by atoms with Gasteiger partial charge in [-0.05, 0) is 24.1 Å². The molecule has 0 saturated carbocycles. The highest BCUT2D eigenvalue weighted by molar-refractivity contribution is 7.17. The molecule has 21 heavy (non-hydrogen) atoms. The summed E-state index contributed by atoms with van der Waals surface area (Å²) >= 11 is 0. The number of ether oxygens (including phenoxy) is 1. The van der Waals surface area contributed by atoms with Crippen molar-refractivity contribution < 1.29 is 14.1 Å². The van der Waals surface area contributed by atoms with Crippen molar-refractivity contribution in [2.24, 2.45) is 11.1 Å². The van der Waals surface area contributed by atoms with Crippen molar-refractivity contribution in [1.29, 1.82) is 0 Å². The van der Waals surface area contributed by atoms with E-state index in [1.807, 2.05) is 6.92 Å². The first-order valence-electron chi connectivity index (χ1n) is 6.61. The van der Waals surface area contributed by atoms with Crippen LogP contribution in [0.2, 0.25) is 0 Å². The van der Waals surface area contributed by atoms with Gasteiger partial charge in [0.05, 0.1) is 0 Å². The Morgan fingerprint density at radius 3 is 2.29 bits per heavy atom. The molecule has 2 N–H and O–H groups in total. The third-order valence-corrected chi connectivity index (χ3v) is 3.70. The second kappa shape index (κ2) is 12.5. The van der Waals surface area contributed by atoms with E-state index in [9.17, 15) is 0 Å². The topological polar surface area (TPSA) is 91.2 Å². The Morgan fingerprint density at radius 1 is 1.52 bits per heavy atom. The number of methoxy groups -OCH3 is 1. The van der Waals surface area contributed by atoms with E-state index in [1.54, 1.807) is 13.2 Å². The minimum absolute atomic E-state index is 0.236. The molecule has 7 heteroatoms. The first kappa shape index (κ1) is 22.0. The summed E-state index contributed by atoms with van der Waals surface area (Å²) in [4.78, 5) is 12.8. The smallest absolute Gasteiger partial charge is 0.250 e. The molecule has 0 aliphatic rings. The van der Waals surface area contributed by atoms with Crippen LogP contribution in [0, 0.1) is 5.41 Å². The van der Waals surface area contributed by atoms with Gasteiger partial charge in [0, 0.05) is 20.1 Å². The molecule has 122 valence electrons. The molecule has 6 nitrogen and oxygen atoms in total. The van der Waals surface area contributed by atoms with Gasteiger partial charge in [-0.15, -0.1) is 9.24 Å². The molecule has 0 radical (unpaired) electrons. The van der Waals surface area contributed by atoms with E-state index in [-0.39, 0.29) is 11.8 Å². The van der Waals surface area contributed by atoms with Crippen LogP contribution in [-0.2, 0) is 16.0 Å². The molecule has 0 aliphatic heterocycles. The lowest BCUT2D eigenvalue weighted by Crippen LogP contribution is -2.22. The third-order valence-electron chi connectivity index (χ3n) is 2.46. The summed E-state index contributed by atoms with van der Waals surface area (Å²) in [7, 11) is 4.51. The number of carbonyl (C=O) groups is 1. The predicted molar refractivity (Wildman–Crippen MR) is 88.8 cm³/mol. The fourth-order valence-electron chi connectivity index (χ4n) is 0.936. The van der Waals surface area contributed by atoms with Crippen LogP contribution < -0.4 is 5.73 Å². The molecular weight excluding hydrogens is 289 g/mol. The summed E-state index contributed by atoms with van der Waals surface area (Å²) in [6, 6.07) is 0. The SMILES string of the molecule is C=Cc1nc(CC(P)C(C)(C)C)no1.CCOC.NC=O. The van der Waals surface area contributed by atoms with Crippen LogP contribution in [0.5, 0.6) is 0 Å². The van der Waals surface area contributed by atoms with E-state index >= 15 is 0 Å². The van der Waals surface area contributed by atoms with Gasteiger partial charge in [0.2, 0.25) is 12.3 Å². The molecule has 0 aromatic carbocycles. The Kier molecular flexibility index (Phi) is 13.1. The van der Waals surface area contributed by atoms with Gasteiger partial charge in [-0.3, -0.25) is 4.79 Å². The van der Waals surface area contributed by atoms with E-state index in [4.69, 9.17) is 9.32 Å². The van der Waals surface area contributed by atoms with Crippen LogP contribution in [0.1, 0.15) is 39.4 Å². The zero-order valence-corrected chi connectivity index (χ0v) is 14.8. The highest BCUT2D eigenvalue weighted by Gasteiger charge is 2.22. The lowest BCUT2D eigenvalue weighted by molar-refractivity contribution is -0.106. The molecule has 0 aliphatic carbocycles. The van der Waals surface area contributed by atoms with Gasteiger partial charge in [-0.1, -0.05) is 32.5 Å². The standard InChI is InChI=1S/C10H17N2OP.C3H8O.CH3NO/c1-5-9-11-8(12-13-9)6-7(14)10(2,3)4;1-3-4-2;2-1-3/h5,7H,1,6,14H2,2-4H3;3H2,1-2H3;1H,(H2,2,3). The van der Waals surface area contributed by atoms with E-state index in [1.165, 1.54) is 0 Å². The summed E-state index contributed by atoms with van der Waals surface area (Å²) < 4.78 is 9.48. The van der Waals surface area contributed by atoms with Gasteiger partial charge in [0.15, 0.2) is 5.82 Å². The number of primary amides is 1. The van der Waals surface area contributed by atoms with E-state index in [2.05, 4.69) is 57.2 Å². The van der Waals surface area contributed by atoms with Gasteiger partial charge >= 0.3 is 0 Å². The minimum atomic E-state index is 0.236. The van der Waals surface area contributed by atoms with Crippen LogP contribution in [-0.4, -0.2) is 35.9 Å². The molecular formula is C14H28N3O3P. The number of amides is 1. The molecule has 1 rings (SSSR count). The van der Waals surface area contributed by atoms with Crippen molar-refractivity contribution in [3.8, 4) is 0 Å². The normalized spacial score (nSPS) is 11.3. The summed E-state index contributed by atoms with van der Waals surface area (Å²) in [5.74, 6) is 1.24. The van der Waals surface area contributed by atoms with Crippen molar-refractivity contribution in [2.45, 2.75) is 39.8 Å². The zero-order valence-electron chi connectivity index (χ0n) is 13.6. The molecule has 2 unspecified atom stereocenters. The van der Waals surface area contributed by atoms with Crippen LogP contribution >= 0.6 is 9.24 Å². The monoisotopic (exact) mass is 317 g/mol. The van der Waals surface area contributed by atoms with E-state index in [0.29, 0.717) is 11.5 Å². The second-order valence-electron chi connectivity index (χ2n) is 5.14. The lowest BCUT2D eigenvalue weighted by Gasteiger charge is -2.25. The van der Waals surface area contributed by atoms with Gasteiger partial charge in [-0.2, -0.15) is 4.98 Å². The Hall–Kier alpha value is -1.26. The van der Waals surface area contributed by atoms with Crippen molar-refractivity contribution in [2.75, 3.05) is 13.7 Å². The number of hydrogen-bond donors (Lipinski definition) is 1. The first-order valence-corrected chi connectivity index (χ1v) is 7.28. The molecule has 1 amide bonds. The molecule has 1 aromatic heterocycles. The minimum Gasteiger partial charge on any atom is -0.385 e. The average molecular weight is 317 g/mol. The third kappa shape index (κ3) is 12.2. The van der Waals surface area contributed by atoms with Crippen LogP contribution in [0.3, 0.4) is 0 Å². The molecule has 0 spiro atoms. The number of nitrogens with two attached hydrogens (primary N) is 1. The maximum atomic E-state index is 8.58. The van der Waals surface area contributed by atoms with Crippen molar-refractivity contribution in [1.82, 2.24) is 10.1 Å². The highest BCUT2D eigenvalue weighted by Crippen LogP contribution is 2.28. The maximum Gasteiger partial charge on any atom is 0.250 e. The Balaban J connectivity index is 0. The van der Waals surface area contributed by atoms with E-state index < -0.39 is 0 Å². The fourth-order valence-corrected chi connectivity index (χ4v) is 1.15. The Labute approximate surface area is 129 Å². The summed E-state index contributed by atoms with van der Waals surface area (Å²) in [5, 5.41) is 3.87. The van der Waals surface area contributed by atoms with Gasteiger partial charge in [-0.25, -0.2) is 0 Å². The molecule has 2 atom stereocenters. The Bertz CT molecular complexity index is 387. The Morgan fingerprint density at radius 2 is 2.00 bits per heavy atom. The molecule has 1 heterocycles. The first-order chi connectivity index (χ1) is 9.76. The number of hydrogen-bond acceptors (Lipinski definition) is 5. The lowest BCUT2D eigenvalue weighted by atomic mass is 9.89. The zero-order chi connectivity index (χ0) is 16.9. The quantitative estimate of drug-likeness (QED) is 0.679. The molecule has 0 fully saturated rings. The second-order valence-corrected chi connectivity index (χ2v) is 5.95. The van der Waals surface area contributed by atoms with Gasteiger partial charge < -0.3 is 15.0 Å². The van der Waals surface area contributed by atoms with Gasteiger partial charge in [0.1, 0.15) is 0 Å². The number of aromatic nitrogens is 2. The maximum absolute atomic E-state index is 8.58. The number of rotatable bonds is 4. The summed E-state index contributed by atoms with van der Waals surface area (Å²) in [6.07, 6.45) is 2.62.